The highest BCUT2D eigenvalue weighted by Gasteiger charge is 2.20. The van der Waals surface area contributed by atoms with Gasteiger partial charge in [-0.25, -0.2) is 0 Å². The highest BCUT2D eigenvalue weighted by Crippen LogP contribution is 2.32. The molecule has 0 amide bonds. The molecule has 0 aliphatic heterocycles. The van der Waals surface area contributed by atoms with E-state index in [0.29, 0.717) is 10.0 Å². The van der Waals surface area contributed by atoms with Gasteiger partial charge in [0.05, 0.1) is 15.6 Å². The average molecular weight is 219 g/mol. The molecule has 72 valence electrons. The average Bonchev–Trinajstić information content (AvgIpc) is 1.98. The number of hydrogen-bond donors (Lipinski definition) is 1. The van der Waals surface area contributed by atoms with Crippen molar-refractivity contribution in [2.45, 2.75) is 26.4 Å². The second kappa shape index (κ2) is 3.49. The lowest BCUT2D eigenvalue weighted by atomic mass is 9.94. The maximum atomic E-state index is 9.78. The van der Waals surface area contributed by atoms with Crippen LogP contribution in [0.2, 0.25) is 10.0 Å². The third-order valence-electron chi connectivity index (χ3n) is 2.00. The molecule has 0 atom stereocenters. The van der Waals surface area contributed by atoms with Crippen LogP contribution >= 0.6 is 23.2 Å². The summed E-state index contributed by atoms with van der Waals surface area (Å²) in [7, 11) is 0. The molecule has 1 aromatic rings. The van der Waals surface area contributed by atoms with Crippen molar-refractivity contribution in [3.63, 3.8) is 0 Å². The molecule has 1 rings (SSSR count). The number of rotatable bonds is 1. The Bertz CT molecular complexity index is 326. The SMILES string of the molecule is Cc1c(C(C)(C)O)ccc(Cl)c1Cl. The summed E-state index contributed by atoms with van der Waals surface area (Å²) in [5.74, 6) is 0. The lowest BCUT2D eigenvalue weighted by molar-refractivity contribution is 0.0779. The van der Waals surface area contributed by atoms with Crippen LogP contribution in [-0.4, -0.2) is 5.11 Å². The summed E-state index contributed by atoms with van der Waals surface area (Å²) in [5.41, 5.74) is 0.766. The van der Waals surface area contributed by atoms with Gasteiger partial charge in [0, 0.05) is 0 Å². The Morgan fingerprint density at radius 2 is 1.77 bits per heavy atom. The largest absolute Gasteiger partial charge is 0.386 e. The molecular weight excluding hydrogens is 207 g/mol. The van der Waals surface area contributed by atoms with E-state index in [-0.39, 0.29) is 0 Å². The molecule has 0 aliphatic carbocycles. The second-order valence-electron chi connectivity index (χ2n) is 3.59. The fourth-order valence-electron chi connectivity index (χ4n) is 1.31. The second-order valence-corrected chi connectivity index (χ2v) is 4.38. The molecule has 0 saturated heterocycles. The molecule has 13 heavy (non-hydrogen) atoms. The number of hydrogen-bond acceptors (Lipinski definition) is 1. The molecule has 0 bridgehead atoms. The maximum absolute atomic E-state index is 9.78. The zero-order chi connectivity index (χ0) is 10.2. The highest BCUT2D eigenvalue weighted by atomic mass is 35.5. The Morgan fingerprint density at radius 3 is 2.23 bits per heavy atom. The Balaban J connectivity index is 3.35. The van der Waals surface area contributed by atoms with Gasteiger partial charge in [-0.3, -0.25) is 0 Å². The molecule has 0 saturated carbocycles. The van der Waals surface area contributed by atoms with Crippen LogP contribution in [0.25, 0.3) is 0 Å². The van der Waals surface area contributed by atoms with Crippen LogP contribution in [0.5, 0.6) is 0 Å². The van der Waals surface area contributed by atoms with Gasteiger partial charge in [-0.2, -0.15) is 0 Å². The van der Waals surface area contributed by atoms with Crippen LogP contribution in [0, 0.1) is 6.92 Å². The molecule has 1 N–H and O–H groups in total. The van der Waals surface area contributed by atoms with E-state index in [1.807, 2.05) is 6.92 Å². The summed E-state index contributed by atoms with van der Waals surface area (Å²) in [6.45, 7) is 5.29. The highest BCUT2D eigenvalue weighted by molar-refractivity contribution is 6.42. The standard InChI is InChI=1S/C10H12Cl2O/c1-6-7(10(2,3)13)4-5-8(11)9(6)12/h4-5,13H,1-3H3. The normalized spacial score (nSPS) is 11.8. The molecular formula is C10H12Cl2O. The van der Waals surface area contributed by atoms with Crippen molar-refractivity contribution in [3.05, 3.63) is 33.3 Å². The zero-order valence-corrected chi connectivity index (χ0v) is 9.37. The minimum Gasteiger partial charge on any atom is -0.386 e. The van der Waals surface area contributed by atoms with Gasteiger partial charge < -0.3 is 5.11 Å². The Labute approximate surface area is 88.3 Å². The lowest BCUT2D eigenvalue weighted by Gasteiger charge is -2.21. The first kappa shape index (κ1) is 10.8. The van der Waals surface area contributed by atoms with Crippen molar-refractivity contribution >= 4 is 23.2 Å². The first-order valence-corrected chi connectivity index (χ1v) is 4.77. The first-order chi connectivity index (χ1) is 5.84. The van der Waals surface area contributed by atoms with Gasteiger partial charge >= 0.3 is 0 Å². The Morgan fingerprint density at radius 1 is 1.23 bits per heavy atom. The Hall–Kier alpha value is -0.240. The smallest absolute Gasteiger partial charge is 0.0843 e. The molecule has 1 aromatic carbocycles. The van der Waals surface area contributed by atoms with E-state index in [1.54, 1.807) is 26.0 Å². The summed E-state index contributed by atoms with van der Waals surface area (Å²) in [5, 5.41) is 10.8. The van der Waals surface area contributed by atoms with E-state index in [9.17, 15) is 5.11 Å². The minimum absolute atomic E-state index is 0.515. The fourth-order valence-corrected chi connectivity index (χ4v) is 1.68. The van der Waals surface area contributed by atoms with E-state index in [0.717, 1.165) is 11.1 Å². The van der Waals surface area contributed by atoms with Gasteiger partial charge in [0.2, 0.25) is 0 Å². The van der Waals surface area contributed by atoms with Gasteiger partial charge in [-0.1, -0.05) is 29.3 Å². The molecule has 3 heteroatoms. The quantitative estimate of drug-likeness (QED) is 0.765. The molecule has 0 aromatic heterocycles. The number of aliphatic hydroxyl groups is 1. The predicted octanol–water partition coefficient (Wildman–Crippen LogP) is 3.53. The van der Waals surface area contributed by atoms with E-state index in [1.165, 1.54) is 0 Å². The Kier molecular flexibility index (Phi) is 2.91. The summed E-state index contributed by atoms with van der Waals surface area (Å²) >= 11 is 11.8. The molecule has 1 nitrogen and oxygen atoms in total. The van der Waals surface area contributed by atoms with Gasteiger partial charge in [0.1, 0.15) is 0 Å². The fraction of sp³-hybridized carbons (Fsp3) is 0.400. The molecule has 0 unspecified atom stereocenters. The summed E-state index contributed by atoms with van der Waals surface area (Å²) < 4.78 is 0. The van der Waals surface area contributed by atoms with Crippen LogP contribution in [0.1, 0.15) is 25.0 Å². The van der Waals surface area contributed by atoms with E-state index in [2.05, 4.69) is 0 Å². The molecule has 0 aliphatic rings. The lowest BCUT2D eigenvalue weighted by Crippen LogP contribution is -2.17. The van der Waals surface area contributed by atoms with Gasteiger partial charge in [-0.15, -0.1) is 0 Å². The number of halogens is 2. The van der Waals surface area contributed by atoms with Crippen LogP contribution in [-0.2, 0) is 5.60 Å². The molecule has 0 spiro atoms. The van der Waals surface area contributed by atoms with Crippen molar-refractivity contribution in [3.8, 4) is 0 Å². The van der Waals surface area contributed by atoms with Crippen LogP contribution in [0.3, 0.4) is 0 Å². The van der Waals surface area contributed by atoms with E-state index >= 15 is 0 Å². The van der Waals surface area contributed by atoms with Crippen molar-refractivity contribution in [1.29, 1.82) is 0 Å². The predicted molar refractivity (Wildman–Crippen MR) is 56.4 cm³/mol. The summed E-state index contributed by atoms with van der Waals surface area (Å²) in [6, 6.07) is 3.49. The van der Waals surface area contributed by atoms with Gasteiger partial charge in [0.25, 0.3) is 0 Å². The van der Waals surface area contributed by atoms with Gasteiger partial charge in [-0.05, 0) is 38.0 Å². The van der Waals surface area contributed by atoms with Crippen molar-refractivity contribution in [2.24, 2.45) is 0 Å². The monoisotopic (exact) mass is 218 g/mol. The summed E-state index contributed by atoms with van der Waals surface area (Å²) in [4.78, 5) is 0. The molecule has 0 radical (unpaired) electrons. The first-order valence-electron chi connectivity index (χ1n) is 4.01. The van der Waals surface area contributed by atoms with Crippen molar-refractivity contribution in [1.82, 2.24) is 0 Å². The van der Waals surface area contributed by atoms with E-state index < -0.39 is 5.60 Å². The third-order valence-corrected chi connectivity index (χ3v) is 2.90. The van der Waals surface area contributed by atoms with Crippen molar-refractivity contribution < 1.29 is 5.11 Å². The topological polar surface area (TPSA) is 20.2 Å². The molecule has 0 fully saturated rings. The van der Waals surface area contributed by atoms with Crippen LogP contribution in [0.15, 0.2) is 12.1 Å². The maximum Gasteiger partial charge on any atom is 0.0843 e. The number of benzene rings is 1. The minimum atomic E-state index is -0.877. The van der Waals surface area contributed by atoms with Crippen molar-refractivity contribution in [2.75, 3.05) is 0 Å². The van der Waals surface area contributed by atoms with Crippen LogP contribution < -0.4 is 0 Å². The van der Waals surface area contributed by atoms with Gasteiger partial charge in [0.15, 0.2) is 0 Å². The van der Waals surface area contributed by atoms with Crippen LogP contribution in [0.4, 0.5) is 0 Å². The third kappa shape index (κ3) is 2.16. The zero-order valence-electron chi connectivity index (χ0n) is 7.86. The summed E-state index contributed by atoms with van der Waals surface area (Å²) in [6.07, 6.45) is 0. The molecule has 0 heterocycles. The van der Waals surface area contributed by atoms with E-state index in [4.69, 9.17) is 23.2 Å².